The van der Waals surface area contributed by atoms with Crippen molar-refractivity contribution < 1.29 is 19.8 Å². The van der Waals surface area contributed by atoms with Crippen LogP contribution in [-0.4, -0.2) is 28.0 Å². The number of carbonyl (C=O) groups is 2. The highest BCUT2D eigenvalue weighted by atomic mass is 16.3. The van der Waals surface area contributed by atoms with Crippen molar-refractivity contribution in [3.05, 3.63) is 29.3 Å². The summed E-state index contributed by atoms with van der Waals surface area (Å²) in [5, 5.41) is 30.3. The van der Waals surface area contributed by atoms with Crippen LogP contribution in [0.2, 0.25) is 0 Å². The molecule has 2 rings (SSSR count). The van der Waals surface area contributed by atoms with Crippen molar-refractivity contribution in [2.45, 2.75) is 18.6 Å². The number of fused-ring (bicyclic) bond motifs is 1. The zero-order valence-electron chi connectivity index (χ0n) is 9.25. The summed E-state index contributed by atoms with van der Waals surface area (Å²) < 4.78 is 0. The summed E-state index contributed by atoms with van der Waals surface area (Å²) in [6.07, 6.45) is -2.94. The molecule has 1 aromatic rings. The monoisotopic (exact) mass is 246 g/mol. The van der Waals surface area contributed by atoms with Crippen LogP contribution in [0.5, 0.6) is 0 Å². The average molecular weight is 246 g/mol. The Kier molecular flexibility index (Phi) is 3.10. The van der Waals surface area contributed by atoms with E-state index in [-0.39, 0.29) is 17.5 Å². The minimum Gasteiger partial charge on any atom is -0.389 e. The predicted molar refractivity (Wildman–Crippen MR) is 60.6 cm³/mol. The van der Waals surface area contributed by atoms with Crippen molar-refractivity contribution in [1.29, 1.82) is 5.26 Å². The minimum atomic E-state index is -1.38. The number of Topliss-reactive ketones (excluding diaryl/α,β-unsaturated/α-hetero) is 1. The molecule has 2 unspecified atom stereocenters. The molecular formula is C12H10N2O4. The number of amides is 1. The lowest BCUT2D eigenvalue weighted by Gasteiger charge is -2.17. The molecule has 6 heteroatoms. The number of benzene rings is 1. The number of nitriles is 1. The summed E-state index contributed by atoms with van der Waals surface area (Å²) >= 11 is 0. The van der Waals surface area contributed by atoms with Crippen LogP contribution in [0.15, 0.2) is 18.2 Å². The molecule has 0 radical (unpaired) electrons. The molecule has 18 heavy (non-hydrogen) atoms. The lowest BCUT2D eigenvalue weighted by atomic mass is 9.95. The Balaban J connectivity index is 2.43. The van der Waals surface area contributed by atoms with E-state index in [1.165, 1.54) is 12.1 Å². The maximum Gasteiger partial charge on any atom is 0.296 e. The second kappa shape index (κ2) is 4.56. The van der Waals surface area contributed by atoms with Gasteiger partial charge in [0.05, 0.1) is 29.8 Å². The first kappa shape index (κ1) is 12.2. The summed E-state index contributed by atoms with van der Waals surface area (Å²) in [5.74, 6) is -1.51. The summed E-state index contributed by atoms with van der Waals surface area (Å²) in [4.78, 5) is 22.9. The van der Waals surface area contributed by atoms with Gasteiger partial charge in [-0.25, -0.2) is 0 Å². The first-order valence-electron chi connectivity index (χ1n) is 5.28. The third-order valence-electron chi connectivity index (χ3n) is 2.76. The Morgan fingerprint density at radius 1 is 1.33 bits per heavy atom. The van der Waals surface area contributed by atoms with Gasteiger partial charge in [0.2, 0.25) is 0 Å². The quantitative estimate of drug-likeness (QED) is 0.656. The SMILES string of the molecule is N#CCC(O)C(O)c1cccc2c1C(=O)C(=O)N2. The van der Waals surface area contributed by atoms with Crippen molar-refractivity contribution in [2.24, 2.45) is 0 Å². The number of aliphatic hydroxyl groups excluding tert-OH is 2. The highest BCUT2D eigenvalue weighted by molar-refractivity contribution is 6.52. The van der Waals surface area contributed by atoms with Gasteiger partial charge in [0.1, 0.15) is 6.10 Å². The Morgan fingerprint density at radius 2 is 2.06 bits per heavy atom. The Labute approximate surface area is 102 Å². The fourth-order valence-corrected chi connectivity index (χ4v) is 1.88. The van der Waals surface area contributed by atoms with Crippen LogP contribution >= 0.6 is 0 Å². The normalized spacial score (nSPS) is 16.7. The van der Waals surface area contributed by atoms with Gasteiger partial charge in [-0.3, -0.25) is 9.59 Å². The first-order valence-corrected chi connectivity index (χ1v) is 5.28. The second-order valence-corrected chi connectivity index (χ2v) is 3.93. The topological polar surface area (TPSA) is 110 Å². The third kappa shape index (κ3) is 1.86. The lowest BCUT2D eigenvalue weighted by molar-refractivity contribution is -0.112. The molecule has 0 fully saturated rings. The molecule has 1 aliphatic heterocycles. The van der Waals surface area contributed by atoms with E-state index in [1.54, 1.807) is 12.1 Å². The molecule has 1 heterocycles. The van der Waals surface area contributed by atoms with Gasteiger partial charge in [-0.15, -0.1) is 0 Å². The van der Waals surface area contributed by atoms with Gasteiger partial charge in [-0.1, -0.05) is 12.1 Å². The highest BCUT2D eigenvalue weighted by Crippen LogP contribution is 2.31. The van der Waals surface area contributed by atoms with Crippen LogP contribution in [-0.2, 0) is 4.79 Å². The van der Waals surface area contributed by atoms with Crippen LogP contribution in [0.25, 0.3) is 0 Å². The number of rotatable bonds is 3. The van der Waals surface area contributed by atoms with Crippen molar-refractivity contribution in [3.8, 4) is 6.07 Å². The van der Waals surface area contributed by atoms with Crippen LogP contribution in [0.4, 0.5) is 5.69 Å². The molecule has 1 amide bonds. The second-order valence-electron chi connectivity index (χ2n) is 3.93. The molecule has 2 atom stereocenters. The predicted octanol–water partition coefficient (Wildman–Crippen LogP) is 0.129. The van der Waals surface area contributed by atoms with Crippen LogP contribution in [0.3, 0.4) is 0 Å². The summed E-state index contributed by atoms with van der Waals surface area (Å²) in [6, 6.07) is 6.26. The van der Waals surface area contributed by atoms with Crippen molar-refractivity contribution in [3.63, 3.8) is 0 Å². The van der Waals surface area contributed by atoms with E-state index in [0.717, 1.165) is 0 Å². The number of hydrogen-bond acceptors (Lipinski definition) is 5. The van der Waals surface area contributed by atoms with Crippen LogP contribution < -0.4 is 5.32 Å². The van der Waals surface area contributed by atoms with E-state index < -0.39 is 23.9 Å². The zero-order chi connectivity index (χ0) is 13.3. The van der Waals surface area contributed by atoms with Gasteiger partial charge in [0.15, 0.2) is 0 Å². The average Bonchev–Trinajstić information content (AvgIpc) is 2.64. The Morgan fingerprint density at radius 3 is 2.72 bits per heavy atom. The summed E-state index contributed by atoms with van der Waals surface area (Å²) in [6.45, 7) is 0. The van der Waals surface area contributed by atoms with Gasteiger partial charge >= 0.3 is 0 Å². The highest BCUT2D eigenvalue weighted by Gasteiger charge is 2.33. The summed E-state index contributed by atoms with van der Waals surface area (Å²) in [7, 11) is 0. The number of aliphatic hydroxyl groups is 2. The number of nitrogens with zero attached hydrogens (tertiary/aromatic N) is 1. The lowest BCUT2D eigenvalue weighted by Crippen LogP contribution is -2.20. The maximum absolute atomic E-state index is 11.6. The molecule has 1 aromatic carbocycles. The standard InChI is InChI=1S/C12H10N2O4/c13-5-4-8(15)10(16)6-2-1-3-7-9(6)11(17)12(18)14-7/h1-3,8,10,15-16H,4H2,(H,14,17,18). The third-order valence-corrected chi connectivity index (χ3v) is 2.76. The number of anilines is 1. The molecule has 0 aliphatic carbocycles. The molecule has 92 valence electrons. The molecule has 6 nitrogen and oxygen atoms in total. The van der Waals surface area contributed by atoms with Gasteiger partial charge in [-0.05, 0) is 11.6 Å². The Bertz CT molecular complexity index is 562. The van der Waals surface area contributed by atoms with Crippen LogP contribution in [0, 0.1) is 11.3 Å². The number of hydrogen-bond donors (Lipinski definition) is 3. The molecule has 0 spiro atoms. The number of ketones is 1. The van der Waals surface area contributed by atoms with Gasteiger partial charge < -0.3 is 15.5 Å². The molecular weight excluding hydrogens is 236 g/mol. The maximum atomic E-state index is 11.6. The fraction of sp³-hybridized carbons (Fsp3) is 0.250. The molecule has 0 bridgehead atoms. The molecule has 0 saturated heterocycles. The zero-order valence-corrected chi connectivity index (χ0v) is 9.25. The van der Waals surface area contributed by atoms with E-state index in [2.05, 4.69) is 5.32 Å². The molecule has 1 aliphatic rings. The van der Waals surface area contributed by atoms with Gasteiger partial charge in [-0.2, -0.15) is 5.26 Å². The van der Waals surface area contributed by atoms with E-state index in [1.807, 2.05) is 0 Å². The van der Waals surface area contributed by atoms with Crippen molar-refractivity contribution in [2.75, 3.05) is 5.32 Å². The number of carbonyl (C=O) groups excluding carboxylic acids is 2. The fourth-order valence-electron chi connectivity index (χ4n) is 1.88. The van der Waals surface area contributed by atoms with E-state index in [4.69, 9.17) is 5.26 Å². The van der Waals surface area contributed by atoms with Gasteiger partial charge in [0, 0.05) is 0 Å². The molecule has 3 N–H and O–H groups in total. The van der Waals surface area contributed by atoms with Crippen LogP contribution in [0.1, 0.15) is 28.4 Å². The van der Waals surface area contributed by atoms with E-state index in [0.29, 0.717) is 5.69 Å². The number of nitrogens with one attached hydrogen (secondary N) is 1. The Hall–Kier alpha value is -2.23. The first-order chi connectivity index (χ1) is 8.56. The largest absolute Gasteiger partial charge is 0.389 e. The molecule has 0 saturated carbocycles. The van der Waals surface area contributed by atoms with Crippen molar-refractivity contribution in [1.82, 2.24) is 0 Å². The summed E-state index contributed by atoms with van der Waals surface area (Å²) in [5.41, 5.74) is 0.524. The minimum absolute atomic E-state index is 0.0620. The van der Waals surface area contributed by atoms with E-state index in [9.17, 15) is 19.8 Å². The van der Waals surface area contributed by atoms with E-state index >= 15 is 0 Å². The van der Waals surface area contributed by atoms with Gasteiger partial charge in [0.25, 0.3) is 11.7 Å². The van der Waals surface area contributed by atoms with Crippen molar-refractivity contribution >= 4 is 17.4 Å². The smallest absolute Gasteiger partial charge is 0.296 e. The molecule has 0 aromatic heterocycles.